The summed E-state index contributed by atoms with van der Waals surface area (Å²) in [6, 6.07) is 5.79. The van der Waals surface area contributed by atoms with Gasteiger partial charge in [-0.2, -0.15) is 0 Å². The standard InChI is InChI=1S/C11H16N2O/c1-8-6-13(2)10-5-9(12)3-4-11(10)14-7-8/h3-5,8H,6-7,12H2,1-2H3. The summed E-state index contributed by atoms with van der Waals surface area (Å²) in [4.78, 5) is 2.20. The topological polar surface area (TPSA) is 38.5 Å². The number of nitrogens with zero attached hydrogens (tertiary/aromatic N) is 1. The Labute approximate surface area is 84.5 Å². The van der Waals surface area contributed by atoms with Crippen LogP contribution in [0, 0.1) is 5.92 Å². The van der Waals surface area contributed by atoms with E-state index in [-0.39, 0.29) is 0 Å². The van der Waals surface area contributed by atoms with Crippen LogP contribution in [0.1, 0.15) is 6.92 Å². The van der Waals surface area contributed by atoms with Crippen LogP contribution in [-0.4, -0.2) is 20.2 Å². The fourth-order valence-electron chi connectivity index (χ4n) is 1.81. The number of fused-ring (bicyclic) bond motifs is 1. The van der Waals surface area contributed by atoms with Gasteiger partial charge in [0.1, 0.15) is 5.75 Å². The Morgan fingerprint density at radius 1 is 1.50 bits per heavy atom. The predicted octanol–water partition coefficient (Wildman–Crippen LogP) is 1.73. The lowest BCUT2D eigenvalue weighted by molar-refractivity contribution is 0.274. The molecule has 1 aromatic carbocycles. The van der Waals surface area contributed by atoms with Crippen molar-refractivity contribution in [1.82, 2.24) is 0 Å². The predicted molar refractivity (Wildman–Crippen MR) is 58.8 cm³/mol. The van der Waals surface area contributed by atoms with Crippen molar-refractivity contribution >= 4 is 11.4 Å². The largest absolute Gasteiger partial charge is 0.491 e. The normalized spacial score (nSPS) is 21.0. The Kier molecular flexibility index (Phi) is 2.23. The van der Waals surface area contributed by atoms with E-state index < -0.39 is 0 Å². The van der Waals surface area contributed by atoms with E-state index >= 15 is 0 Å². The Balaban J connectivity index is 2.39. The molecule has 14 heavy (non-hydrogen) atoms. The van der Waals surface area contributed by atoms with Crippen molar-refractivity contribution in [2.75, 3.05) is 30.8 Å². The molecule has 76 valence electrons. The van der Waals surface area contributed by atoms with Crippen LogP contribution in [0.15, 0.2) is 18.2 Å². The molecule has 1 unspecified atom stereocenters. The van der Waals surface area contributed by atoms with Crippen molar-refractivity contribution in [3.05, 3.63) is 18.2 Å². The van der Waals surface area contributed by atoms with Gasteiger partial charge in [-0.1, -0.05) is 6.92 Å². The molecule has 0 fully saturated rings. The Hall–Kier alpha value is -1.38. The highest BCUT2D eigenvalue weighted by Gasteiger charge is 2.17. The van der Waals surface area contributed by atoms with Crippen molar-refractivity contribution in [2.45, 2.75) is 6.92 Å². The van der Waals surface area contributed by atoms with E-state index in [1.807, 2.05) is 18.2 Å². The third-order valence-electron chi connectivity index (χ3n) is 2.50. The molecule has 0 amide bonds. The van der Waals surface area contributed by atoms with Crippen LogP contribution in [-0.2, 0) is 0 Å². The van der Waals surface area contributed by atoms with Crippen molar-refractivity contribution < 1.29 is 4.74 Å². The highest BCUT2D eigenvalue weighted by Crippen LogP contribution is 2.32. The molecule has 3 heteroatoms. The summed E-state index contributed by atoms with van der Waals surface area (Å²) in [7, 11) is 2.07. The Morgan fingerprint density at radius 2 is 2.29 bits per heavy atom. The minimum absolute atomic E-state index is 0.550. The summed E-state index contributed by atoms with van der Waals surface area (Å²) >= 11 is 0. The van der Waals surface area contributed by atoms with Crippen LogP contribution in [0.4, 0.5) is 11.4 Å². The Morgan fingerprint density at radius 3 is 3.07 bits per heavy atom. The summed E-state index contributed by atoms with van der Waals surface area (Å²) in [5.74, 6) is 1.49. The maximum atomic E-state index is 5.75. The summed E-state index contributed by atoms with van der Waals surface area (Å²) in [5.41, 5.74) is 7.63. The highest BCUT2D eigenvalue weighted by molar-refractivity contribution is 5.65. The summed E-state index contributed by atoms with van der Waals surface area (Å²) in [5, 5.41) is 0. The van der Waals surface area contributed by atoms with Gasteiger partial charge in [0.25, 0.3) is 0 Å². The van der Waals surface area contributed by atoms with E-state index in [1.165, 1.54) is 0 Å². The van der Waals surface area contributed by atoms with Gasteiger partial charge in [0.05, 0.1) is 12.3 Å². The maximum absolute atomic E-state index is 5.75. The van der Waals surface area contributed by atoms with Gasteiger partial charge in [0.15, 0.2) is 0 Å². The van der Waals surface area contributed by atoms with E-state index in [1.54, 1.807) is 0 Å². The second-order valence-corrected chi connectivity index (χ2v) is 4.02. The van der Waals surface area contributed by atoms with Crippen molar-refractivity contribution in [1.29, 1.82) is 0 Å². The fourth-order valence-corrected chi connectivity index (χ4v) is 1.81. The number of anilines is 2. The quantitative estimate of drug-likeness (QED) is 0.636. The van der Waals surface area contributed by atoms with Crippen LogP contribution >= 0.6 is 0 Å². The molecule has 3 nitrogen and oxygen atoms in total. The first-order valence-corrected chi connectivity index (χ1v) is 4.90. The third kappa shape index (κ3) is 1.62. The zero-order valence-corrected chi connectivity index (χ0v) is 8.66. The Bertz CT molecular complexity index is 338. The van der Waals surface area contributed by atoms with Crippen molar-refractivity contribution in [3.63, 3.8) is 0 Å². The lowest BCUT2D eigenvalue weighted by Gasteiger charge is -2.19. The first kappa shape index (κ1) is 9.19. The number of benzene rings is 1. The number of nitrogens with two attached hydrogens (primary N) is 1. The maximum Gasteiger partial charge on any atom is 0.142 e. The molecule has 2 rings (SSSR count). The minimum atomic E-state index is 0.550. The van der Waals surface area contributed by atoms with E-state index in [0.717, 1.165) is 30.3 Å². The van der Waals surface area contributed by atoms with Gasteiger partial charge in [-0.3, -0.25) is 0 Å². The molecule has 0 radical (unpaired) electrons. The van der Waals surface area contributed by atoms with Crippen LogP contribution < -0.4 is 15.4 Å². The summed E-state index contributed by atoms with van der Waals surface area (Å²) < 4.78 is 5.69. The van der Waals surface area contributed by atoms with Gasteiger partial charge >= 0.3 is 0 Å². The van der Waals surface area contributed by atoms with E-state index in [2.05, 4.69) is 18.9 Å². The van der Waals surface area contributed by atoms with Gasteiger partial charge in [-0.05, 0) is 18.2 Å². The lowest BCUT2D eigenvalue weighted by atomic mass is 10.2. The fraction of sp³-hybridized carbons (Fsp3) is 0.455. The molecule has 1 atom stereocenters. The number of nitrogen functional groups attached to an aromatic ring is 1. The molecule has 1 aliphatic rings. The molecule has 1 aliphatic heterocycles. The van der Waals surface area contributed by atoms with Crippen molar-refractivity contribution in [2.24, 2.45) is 5.92 Å². The van der Waals surface area contributed by atoms with Crippen LogP contribution in [0.5, 0.6) is 5.75 Å². The second-order valence-electron chi connectivity index (χ2n) is 4.02. The number of hydrogen-bond donors (Lipinski definition) is 1. The molecule has 1 aromatic rings. The minimum Gasteiger partial charge on any atom is -0.491 e. The number of ether oxygens (including phenoxy) is 1. The molecular formula is C11H16N2O. The van der Waals surface area contributed by atoms with Gasteiger partial charge in [0.2, 0.25) is 0 Å². The SMILES string of the molecule is CC1COc2ccc(N)cc2N(C)C1. The monoisotopic (exact) mass is 192 g/mol. The average molecular weight is 192 g/mol. The molecule has 1 heterocycles. The van der Waals surface area contributed by atoms with Crippen LogP contribution in [0.3, 0.4) is 0 Å². The first-order valence-electron chi connectivity index (χ1n) is 4.90. The second kappa shape index (κ2) is 3.40. The van der Waals surface area contributed by atoms with Crippen molar-refractivity contribution in [3.8, 4) is 5.75 Å². The van der Waals surface area contributed by atoms with Gasteiger partial charge < -0.3 is 15.4 Å². The first-order chi connectivity index (χ1) is 6.66. The smallest absolute Gasteiger partial charge is 0.142 e. The molecule has 0 bridgehead atoms. The average Bonchev–Trinajstić information content (AvgIpc) is 2.27. The van der Waals surface area contributed by atoms with E-state index in [4.69, 9.17) is 10.5 Å². The highest BCUT2D eigenvalue weighted by atomic mass is 16.5. The molecule has 2 N–H and O–H groups in total. The molecule has 0 spiro atoms. The van der Waals surface area contributed by atoms with E-state index in [9.17, 15) is 0 Å². The summed E-state index contributed by atoms with van der Waals surface area (Å²) in [6.45, 7) is 3.98. The molecule has 0 saturated carbocycles. The van der Waals surface area contributed by atoms with Crippen LogP contribution in [0.2, 0.25) is 0 Å². The number of rotatable bonds is 0. The molecule has 0 aliphatic carbocycles. The van der Waals surface area contributed by atoms with Gasteiger partial charge in [-0.15, -0.1) is 0 Å². The zero-order valence-electron chi connectivity index (χ0n) is 8.66. The van der Waals surface area contributed by atoms with E-state index in [0.29, 0.717) is 5.92 Å². The molecular weight excluding hydrogens is 176 g/mol. The third-order valence-corrected chi connectivity index (χ3v) is 2.50. The molecule has 0 saturated heterocycles. The van der Waals surface area contributed by atoms with Gasteiger partial charge in [-0.25, -0.2) is 0 Å². The zero-order chi connectivity index (χ0) is 10.1. The lowest BCUT2D eigenvalue weighted by Crippen LogP contribution is -2.23. The van der Waals surface area contributed by atoms with Crippen LogP contribution in [0.25, 0.3) is 0 Å². The molecule has 0 aromatic heterocycles. The van der Waals surface area contributed by atoms with Gasteiger partial charge in [0, 0.05) is 25.2 Å². The number of hydrogen-bond acceptors (Lipinski definition) is 3. The summed E-state index contributed by atoms with van der Waals surface area (Å²) in [6.07, 6.45) is 0.